The molecule has 0 saturated carbocycles. The molecule has 0 aromatic heterocycles. The van der Waals surface area contributed by atoms with Gasteiger partial charge in [0.15, 0.2) is 12.2 Å². The number of halogens is 1. The highest BCUT2D eigenvalue weighted by Crippen LogP contribution is 2.37. The summed E-state index contributed by atoms with van der Waals surface area (Å²) in [6.45, 7) is 1.09. The lowest BCUT2D eigenvalue weighted by Gasteiger charge is -2.17. The van der Waals surface area contributed by atoms with Crippen LogP contribution in [0, 0.1) is 0 Å². The molecule has 1 aromatic carbocycles. The van der Waals surface area contributed by atoms with E-state index in [1.54, 1.807) is 6.20 Å². The van der Waals surface area contributed by atoms with Gasteiger partial charge in [0, 0.05) is 22.2 Å². The molecule has 3 rings (SSSR count). The molecule has 1 fully saturated rings. The van der Waals surface area contributed by atoms with E-state index in [0.717, 1.165) is 11.3 Å². The number of hydrogen-bond donors (Lipinski definition) is 0. The van der Waals surface area contributed by atoms with Gasteiger partial charge in [-0.25, -0.2) is 0 Å². The number of para-hydroxylation sites is 1. The summed E-state index contributed by atoms with van der Waals surface area (Å²) in [5.41, 5.74) is 1.69. The lowest BCUT2D eigenvalue weighted by atomic mass is 10.2. The van der Waals surface area contributed by atoms with E-state index >= 15 is 0 Å². The van der Waals surface area contributed by atoms with E-state index in [1.807, 2.05) is 30.3 Å². The van der Waals surface area contributed by atoms with Crippen molar-refractivity contribution in [3.8, 4) is 0 Å². The summed E-state index contributed by atoms with van der Waals surface area (Å²) in [5.74, 6) is 0. The molecule has 2 nitrogen and oxygen atoms in total. The number of fused-ring (bicyclic) bond motifs is 1. The number of benzene rings is 1. The standard InChI is InChI=1S/C11H11FNO/c12-13(7-10-8-14-10)6-5-9-3-1-2-4-11(9)13/h1-6,10H,7-8H2/q+1. The Hall–Kier alpha value is -1.19. The minimum absolute atomic E-state index is 0.0933. The number of nitrogens with zero attached hydrogens (tertiary/aromatic N) is 1. The molecule has 3 heteroatoms. The number of hydrogen-bond acceptors (Lipinski definition) is 1. The highest BCUT2D eigenvalue weighted by Gasteiger charge is 2.42. The second-order valence-corrected chi connectivity index (χ2v) is 3.78. The van der Waals surface area contributed by atoms with E-state index in [9.17, 15) is 4.48 Å². The van der Waals surface area contributed by atoms with Crippen LogP contribution in [-0.2, 0) is 4.74 Å². The first kappa shape index (κ1) is 8.15. The van der Waals surface area contributed by atoms with Crippen molar-refractivity contribution in [3.05, 3.63) is 36.0 Å². The van der Waals surface area contributed by atoms with Gasteiger partial charge in [-0.2, -0.15) is 0 Å². The average Bonchev–Trinajstić information content (AvgIpc) is 2.93. The van der Waals surface area contributed by atoms with E-state index in [1.165, 1.54) is 0 Å². The predicted molar refractivity (Wildman–Crippen MR) is 53.0 cm³/mol. The Kier molecular flexibility index (Phi) is 1.54. The van der Waals surface area contributed by atoms with E-state index < -0.39 is 4.71 Å². The molecule has 0 spiro atoms. The molecule has 14 heavy (non-hydrogen) atoms. The van der Waals surface area contributed by atoms with Crippen LogP contribution < -0.4 is 4.71 Å². The van der Waals surface area contributed by atoms with Gasteiger partial charge in [-0.1, -0.05) is 16.8 Å². The zero-order chi connectivity index (χ0) is 9.60. The second kappa shape index (κ2) is 2.65. The molecule has 2 heterocycles. The third-order valence-electron chi connectivity index (χ3n) is 2.70. The fourth-order valence-electron chi connectivity index (χ4n) is 1.87. The molecule has 0 aliphatic carbocycles. The van der Waals surface area contributed by atoms with Crippen LogP contribution in [0.15, 0.2) is 30.5 Å². The molecular weight excluding hydrogens is 181 g/mol. The van der Waals surface area contributed by atoms with Crippen LogP contribution in [0.25, 0.3) is 6.08 Å². The summed E-state index contributed by atoms with van der Waals surface area (Å²) in [6.07, 6.45) is 3.51. The highest BCUT2D eigenvalue weighted by molar-refractivity contribution is 5.72. The maximum absolute atomic E-state index is 14.4. The Morgan fingerprint density at radius 3 is 3.00 bits per heavy atom. The topological polar surface area (TPSA) is 12.5 Å². The zero-order valence-electron chi connectivity index (χ0n) is 7.69. The van der Waals surface area contributed by atoms with Gasteiger partial charge in [0.05, 0.1) is 6.61 Å². The Morgan fingerprint density at radius 1 is 1.43 bits per heavy atom. The second-order valence-electron chi connectivity index (χ2n) is 3.78. The van der Waals surface area contributed by atoms with Crippen LogP contribution in [0.4, 0.5) is 10.2 Å². The first-order valence-corrected chi connectivity index (χ1v) is 4.76. The monoisotopic (exact) mass is 192 g/mol. The van der Waals surface area contributed by atoms with Gasteiger partial charge >= 0.3 is 0 Å². The van der Waals surface area contributed by atoms with E-state index in [0.29, 0.717) is 13.2 Å². The molecule has 2 aliphatic rings. The Labute approximate surface area is 81.7 Å². The van der Waals surface area contributed by atoms with Crippen LogP contribution in [-0.4, -0.2) is 19.3 Å². The van der Waals surface area contributed by atoms with Crippen molar-refractivity contribution in [1.29, 1.82) is 0 Å². The van der Waals surface area contributed by atoms with E-state index in [-0.39, 0.29) is 6.10 Å². The Bertz CT molecular complexity index is 400. The van der Waals surface area contributed by atoms with Crippen LogP contribution >= 0.6 is 0 Å². The third-order valence-corrected chi connectivity index (χ3v) is 2.70. The van der Waals surface area contributed by atoms with Crippen LogP contribution in [0.3, 0.4) is 0 Å². The van der Waals surface area contributed by atoms with Crippen molar-refractivity contribution in [2.45, 2.75) is 6.10 Å². The van der Waals surface area contributed by atoms with E-state index in [2.05, 4.69) is 0 Å². The lowest BCUT2D eigenvalue weighted by Crippen LogP contribution is -2.36. The number of ether oxygens (including phenoxy) is 1. The number of quaternary nitrogens is 1. The van der Waals surface area contributed by atoms with Crippen molar-refractivity contribution in [3.63, 3.8) is 0 Å². The molecule has 0 radical (unpaired) electrons. The van der Waals surface area contributed by atoms with Gasteiger partial charge in [0.1, 0.15) is 12.3 Å². The van der Waals surface area contributed by atoms with Crippen molar-refractivity contribution in [2.24, 2.45) is 0 Å². The smallest absolute Gasteiger partial charge is 0.183 e. The molecule has 1 aromatic rings. The van der Waals surface area contributed by atoms with Crippen molar-refractivity contribution < 1.29 is 9.22 Å². The Balaban J connectivity index is 1.98. The van der Waals surface area contributed by atoms with Gasteiger partial charge in [-0.3, -0.25) is 0 Å². The third kappa shape index (κ3) is 1.17. The Morgan fingerprint density at radius 2 is 2.21 bits per heavy atom. The normalized spacial score (nSPS) is 33.1. The van der Waals surface area contributed by atoms with Gasteiger partial charge in [-0.15, -0.1) is 0 Å². The fraction of sp³-hybridized carbons (Fsp3) is 0.273. The minimum atomic E-state index is -0.610. The quantitative estimate of drug-likeness (QED) is 0.517. The number of rotatable bonds is 2. The molecule has 0 N–H and O–H groups in total. The fourth-order valence-corrected chi connectivity index (χ4v) is 1.87. The molecule has 0 bridgehead atoms. The van der Waals surface area contributed by atoms with Crippen molar-refractivity contribution in [2.75, 3.05) is 13.2 Å². The number of epoxide rings is 1. The predicted octanol–water partition coefficient (Wildman–Crippen LogP) is 2.26. The highest BCUT2D eigenvalue weighted by atomic mass is 19.2. The van der Waals surface area contributed by atoms with Crippen molar-refractivity contribution in [1.82, 2.24) is 4.71 Å². The maximum atomic E-state index is 14.4. The molecule has 2 aliphatic heterocycles. The largest absolute Gasteiger partial charge is 0.367 e. The van der Waals surface area contributed by atoms with Gasteiger partial charge in [-0.05, 0) is 6.07 Å². The molecular formula is C11H11FNO+. The minimum Gasteiger partial charge on any atom is -0.367 e. The average molecular weight is 192 g/mol. The summed E-state index contributed by atoms with van der Waals surface area (Å²) >= 11 is 0. The molecule has 2 atom stereocenters. The summed E-state index contributed by atoms with van der Waals surface area (Å²) in [4.78, 5) is 0. The molecule has 2 unspecified atom stereocenters. The maximum Gasteiger partial charge on any atom is 0.183 e. The SMILES string of the molecule is F[N+]1(CC2CO2)C=Cc2ccccc21. The van der Waals surface area contributed by atoms with Crippen LogP contribution in [0.5, 0.6) is 0 Å². The van der Waals surface area contributed by atoms with Crippen LogP contribution in [0.1, 0.15) is 5.56 Å². The van der Waals surface area contributed by atoms with Gasteiger partial charge in [0.25, 0.3) is 0 Å². The summed E-state index contributed by atoms with van der Waals surface area (Å²) in [6, 6.07) is 7.55. The molecule has 0 amide bonds. The zero-order valence-corrected chi connectivity index (χ0v) is 7.69. The lowest BCUT2D eigenvalue weighted by molar-refractivity contribution is 0.0894. The summed E-state index contributed by atoms with van der Waals surface area (Å²) in [7, 11) is 0. The molecule has 72 valence electrons. The van der Waals surface area contributed by atoms with E-state index in [4.69, 9.17) is 4.74 Å². The summed E-state index contributed by atoms with van der Waals surface area (Å²) in [5, 5.41) is 0. The van der Waals surface area contributed by atoms with Crippen molar-refractivity contribution >= 4 is 11.8 Å². The summed E-state index contributed by atoms with van der Waals surface area (Å²) < 4.78 is 18.8. The molecule has 1 saturated heterocycles. The first-order valence-electron chi connectivity index (χ1n) is 4.76. The first-order chi connectivity index (χ1) is 6.78. The van der Waals surface area contributed by atoms with Crippen LogP contribution in [0.2, 0.25) is 0 Å². The van der Waals surface area contributed by atoms with Gasteiger partial charge < -0.3 is 4.74 Å². The van der Waals surface area contributed by atoms with Gasteiger partial charge in [0.2, 0.25) is 0 Å².